The molecule has 0 aliphatic carbocycles. The summed E-state index contributed by atoms with van der Waals surface area (Å²) < 4.78 is 9.92. The molecule has 1 aromatic rings. The highest BCUT2D eigenvalue weighted by Crippen LogP contribution is 2.29. The lowest BCUT2D eigenvalue weighted by atomic mass is 10.2. The number of rotatable bonds is 2. The second-order valence-electron chi connectivity index (χ2n) is 2.56. The Labute approximate surface area is 79.6 Å². The number of cyclic esters (lactones) is 1. The molecule has 0 N–H and O–H groups in total. The molecule has 0 fully saturated rings. The maximum absolute atomic E-state index is 11.3. The summed E-state index contributed by atoms with van der Waals surface area (Å²) in [5.74, 6) is 0.326. The zero-order chi connectivity index (χ0) is 9.26. The molecule has 3 nitrogen and oxygen atoms in total. The lowest BCUT2D eigenvalue weighted by Gasteiger charge is -1.98. The van der Waals surface area contributed by atoms with E-state index in [-0.39, 0.29) is 12.6 Å². The number of thiophene rings is 1. The molecule has 0 saturated heterocycles. The Balaban J connectivity index is 2.45. The van der Waals surface area contributed by atoms with E-state index in [1.807, 2.05) is 17.5 Å². The van der Waals surface area contributed by atoms with Gasteiger partial charge in [-0.1, -0.05) is 6.07 Å². The Kier molecular flexibility index (Phi) is 2.06. The van der Waals surface area contributed by atoms with Gasteiger partial charge in [0.1, 0.15) is 17.9 Å². The number of methoxy groups -OCH3 is 1. The van der Waals surface area contributed by atoms with Crippen molar-refractivity contribution in [1.82, 2.24) is 0 Å². The van der Waals surface area contributed by atoms with E-state index in [2.05, 4.69) is 0 Å². The molecule has 68 valence electrons. The number of carbonyl (C=O) groups excluding carboxylic acids is 1. The molecule has 0 saturated carbocycles. The van der Waals surface area contributed by atoms with Crippen molar-refractivity contribution in [1.29, 1.82) is 0 Å². The van der Waals surface area contributed by atoms with Crippen LogP contribution in [0.1, 0.15) is 4.88 Å². The molecular formula is C9H8O3S. The van der Waals surface area contributed by atoms with Crippen LogP contribution in [0.2, 0.25) is 0 Å². The lowest BCUT2D eigenvalue weighted by molar-refractivity contribution is -0.134. The summed E-state index contributed by atoms with van der Waals surface area (Å²) in [5, 5.41) is 1.92. The minimum Gasteiger partial charge on any atom is -0.496 e. The highest BCUT2D eigenvalue weighted by molar-refractivity contribution is 7.11. The Morgan fingerprint density at radius 3 is 3.08 bits per heavy atom. The summed E-state index contributed by atoms with van der Waals surface area (Å²) >= 11 is 1.50. The third-order valence-electron chi connectivity index (χ3n) is 1.83. The van der Waals surface area contributed by atoms with Crippen molar-refractivity contribution in [3.63, 3.8) is 0 Å². The maximum Gasteiger partial charge on any atom is 0.343 e. The molecular weight excluding hydrogens is 188 g/mol. The van der Waals surface area contributed by atoms with Gasteiger partial charge >= 0.3 is 5.97 Å². The average Bonchev–Trinajstić information content (AvgIpc) is 2.72. The molecule has 0 atom stereocenters. The van der Waals surface area contributed by atoms with Crippen molar-refractivity contribution in [2.75, 3.05) is 13.7 Å². The summed E-state index contributed by atoms with van der Waals surface area (Å²) in [5.41, 5.74) is 0.567. The molecule has 13 heavy (non-hydrogen) atoms. The number of esters is 1. The first kappa shape index (κ1) is 8.31. The van der Waals surface area contributed by atoms with Crippen LogP contribution in [0.3, 0.4) is 0 Å². The van der Waals surface area contributed by atoms with Crippen molar-refractivity contribution in [3.05, 3.63) is 28.1 Å². The highest BCUT2D eigenvalue weighted by atomic mass is 32.1. The van der Waals surface area contributed by atoms with Crippen LogP contribution in [0.4, 0.5) is 0 Å². The van der Waals surface area contributed by atoms with Crippen molar-refractivity contribution >= 4 is 22.9 Å². The van der Waals surface area contributed by atoms with Gasteiger partial charge in [-0.25, -0.2) is 4.79 Å². The molecule has 0 spiro atoms. The van der Waals surface area contributed by atoms with Crippen molar-refractivity contribution < 1.29 is 14.3 Å². The Morgan fingerprint density at radius 2 is 2.46 bits per heavy atom. The number of ether oxygens (including phenoxy) is 2. The maximum atomic E-state index is 11.3. The molecule has 0 bridgehead atoms. The molecule has 0 aromatic carbocycles. The predicted molar refractivity (Wildman–Crippen MR) is 49.2 cm³/mol. The van der Waals surface area contributed by atoms with E-state index in [4.69, 9.17) is 9.47 Å². The SMILES string of the molecule is COC1=C(c2cccs2)C(=O)OC1. The van der Waals surface area contributed by atoms with Crippen LogP contribution in [0.15, 0.2) is 23.3 Å². The van der Waals surface area contributed by atoms with Gasteiger partial charge in [0.05, 0.1) is 7.11 Å². The highest BCUT2D eigenvalue weighted by Gasteiger charge is 2.27. The molecule has 1 aliphatic heterocycles. The van der Waals surface area contributed by atoms with Gasteiger partial charge in [-0.3, -0.25) is 0 Å². The molecule has 1 aromatic heterocycles. The van der Waals surface area contributed by atoms with Crippen LogP contribution in [-0.2, 0) is 14.3 Å². The standard InChI is InChI=1S/C9H8O3S/c1-11-6-5-12-9(10)8(6)7-3-2-4-13-7/h2-4H,5H2,1H3. The van der Waals surface area contributed by atoms with Gasteiger partial charge in [0.2, 0.25) is 0 Å². The largest absolute Gasteiger partial charge is 0.496 e. The van der Waals surface area contributed by atoms with Gasteiger partial charge in [0.15, 0.2) is 0 Å². The molecule has 1 aliphatic rings. The third kappa shape index (κ3) is 1.33. The molecule has 4 heteroatoms. The van der Waals surface area contributed by atoms with Crippen LogP contribution in [0, 0.1) is 0 Å². The average molecular weight is 196 g/mol. The van der Waals surface area contributed by atoms with E-state index in [1.54, 1.807) is 7.11 Å². The lowest BCUT2D eigenvalue weighted by Crippen LogP contribution is -1.96. The van der Waals surface area contributed by atoms with Crippen molar-refractivity contribution in [3.8, 4) is 0 Å². The van der Waals surface area contributed by atoms with Crippen LogP contribution >= 0.6 is 11.3 Å². The van der Waals surface area contributed by atoms with Gasteiger partial charge in [-0.05, 0) is 11.4 Å². The van der Waals surface area contributed by atoms with Crippen LogP contribution < -0.4 is 0 Å². The first-order chi connectivity index (χ1) is 6.33. The van der Waals surface area contributed by atoms with Crippen LogP contribution in [-0.4, -0.2) is 19.7 Å². The fourth-order valence-corrected chi connectivity index (χ4v) is 1.98. The molecule has 2 heterocycles. The van der Waals surface area contributed by atoms with Gasteiger partial charge < -0.3 is 9.47 Å². The topological polar surface area (TPSA) is 35.5 Å². The smallest absolute Gasteiger partial charge is 0.343 e. The number of carbonyl (C=O) groups is 1. The quantitative estimate of drug-likeness (QED) is 0.675. The zero-order valence-electron chi connectivity index (χ0n) is 7.07. The van der Waals surface area contributed by atoms with E-state index in [0.29, 0.717) is 11.3 Å². The van der Waals surface area contributed by atoms with Crippen LogP contribution in [0.25, 0.3) is 5.57 Å². The predicted octanol–water partition coefficient (Wildman–Crippen LogP) is 1.66. The van der Waals surface area contributed by atoms with Crippen molar-refractivity contribution in [2.24, 2.45) is 0 Å². The summed E-state index contributed by atoms with van der Waals surface area (Å²) in [7, 11) is 1.55. The van der Waals surface area contributed by atoms with Gasteiger partial charge in [0.25, 0.3) is 0 Å². The van der Waals surface area contributed by atoms with E-state index in [9.17, 15) is 4.79 Å². The first-order valence-corrected chi connectivity index (χ1v) is 4.69. The first-order valence-electron chi connectivity index (χ1n) is 3.81. The van der Waals surface area contributed by atoms with E-state index in [0.717, 1.165) is 4.88 Å². The summed E-state index contributed by atoms with van der Waals surface area (Å²) in [6.07, 6.45) is 0. The Bertz CT molecular complexity index is 351. The number of hydrogen-bond acceptors (Lipinski definition) is 4. The Hall–Kier alpha value is -1.29. The molecule has 2 rings (SSSR count). The normalized spacial score (nSPS) is 16.2. The van der Waals surface area contributed by atoms with Crippen LogP contribution in [0.5, 0.6) is 0 Å². The Morgan fingerprint density at radius 1 is 1.62 bits per heavy atom. The van der Waals surface area contributed by atoms with Crippen molar-refractivity contribution in [2.45, 2.75) is 0 Å². The summed E-state index contributed by atoms with van der Waals surface area (Å²) in [6.45, 7) is 0.253. The monoisotopic (exact) mass is 196 g/mol. The molecule has 0 radical (unpaired) electrons. The van der Waals surface area contributed by atoms with E-state index in [1.165, 1.54) is 11.3 Å². The second kappa shape index (κ2) is 3.22. The van der Waals surface area contributed by atoms with E-state index >= 15 is 0 Å². The minimum absolute atomic E-state index is 0.253. The second-order valence-corrected chi connectivity index (χ2v) is 3.50. The molecule has 0 amide bonds. The van der Waals surface area contributed by atoms with E-state index < -0.39 is 0 Å². The summed E-state index contributed by atoms with van der Waals surface area (Å²) in [4.78, 5) is 12.2. The zero-order valence-corrected chi connectivity index (χ0v) is 7.89. The fraction of sp³-hybridized carbons (Fsp3) is 0.222. The summed E-state index contributed by atoms with van der Waals surface area (Å²) in [6, 6.07) is 3.78. The fourth-order valence-electron chi connectivity index (χ4n) is 1.21. The third-order valence-corrected chi connectivity index (χ3v) is 2.72. The van der Waals surface area contributed by atoms with Gasteiger partial charge in [-0.15, -0.1) is 11.3 Å². The van der Waals surface area contributed by atoms with Gasteiger partial charge in [0, 0.05) is 4.88 Å². The number of hydrogen-bond donors (Lipinski definition) is 0. The minimum atomic E-state index is -0.292. The van der Waals surface area contributed by atoms with Gasteiger partial charge in [-0.2, -0.15) is 0 Å². The molecule has 0 unspecified atom stereocenters.